The summed E-state index contributed by atoms with van der Waals surface area (Å²) < 4.78 is 5.19. The summed E-state index contributed by atoms with van der Waals surface area (Å²) in [6, 6.07) is 0.559. The monoisotopic (exact) mass is 145 g/mol. The molecule has 1 N–H and O–H groups in total. The van der Waals surface area contributed by atoms with Crippen LogP contribution in [-0.2, 0) is 4.74 Å². The molecule has 1 unspecified atom stereocenters. The van der Waals surface area contributed by atoms with E-state index in [0.717, 1.165) is 13.0 Å². The molecule has 0 radical (unpaired) electrons. The normalized spacial score (nSPS) is 14.1. The van der Waals surface area contributed by atoms with Gasteiger partial charge in [-0.1, -0.05) is 20.8 Å². The quantitative estimate of drug-likeness (QED) is 0.631. The molecule has 10 heavy (non-hydrogen) atoms. The van der Waals surface area contributed by atoms with Crippen molar-refractivity contribution in [1.29, 1.82) is 0 Å². The van der Waals surface area contributed by atoms with Crippen molar-refractivity contribution in [2.24, 2.45) is 0 Å². The van der Waals surface area contributed by atoms with E-state index in [9.17, 15) is 0 Å². The Morgan fingerprint density at radius 3 is 2.30 bits per heavy atom. The number of hydrogen-bond donors (Lipinski definition) is 1. The Labute approximate surface area is 64.0 Å². The Morgan fingerprint density at radius 2 is 2.00 bits per heavy atom. The van der Waals surface area contributed by atoms with E-state index in [2.05, 4.69) is 26.1 Å². The fraction of sp³-hybridized carbons (Fsp3) is 1.00. The zero-order valence-corrected chi connectivity index (χ0v) is 7.48. The number of methoxy groups -OCH3 is 1. The molecular weight excluding hydrogens is 126 g/mol. The van der Waals surface area contributed by atoms with Gasteiger partial charge >= 0.3 is 0 Å². The van der Waals surface area contributed by atoms with Crippen LogP contribution in [-0.4, -0.2) is 25.8 Å². The summed E-state index contributed by atoms with van der Waals surface area (Å²) in [6.07, 6.45) is 1.46. The summed E-state index contributed by atoms with van der Waals surface area (Å²) in [4.78, 5) is 0. The Balaban J connectivity index is 3.26. The average Bonchev–Trinajstić information content (AvgIpc) is 1.90. The molecule has 0 amide bonds. The minimum absolute atomic E-state index is 0.377. The van der Waals surface area contributed by atoms with Crippen LogP contribution in [0.15, 0.2) is 0 Å². The first-order chi connectivity index (χ1) is 4.70. The fourth-order valence-electron chi connectivity index (χ4n) is 0.761. The molecule has 0 aliphatic heterocycles. The van der Waals surface area contributed by atoms with Crippen molar-refractivity contribution in [2.75, 3.05) is 13.7 Å². The van der Waals surface area contributed by atoms with Crippen LogP contribution in [0.25, 0.3) is 0 Å². The van der Waals surface area contributed by atoms with Crippen molar-refractivity contribution >= 4 is 0 Å². The maximum Gasteiger partial charge on any atom is 0.0693 e. The van der Waals surface area contributed by atoms with Gasteiger partial charge in [0.1, 0.15) is 0 Å². The van der Waals surface area contributed by atoms with Crippen molar-refractivity contribution in [3.8, 4) is 0 Å². The molecule has 0 saturated carbocycles. The molecule has 62 valence electrons. The number of ether oxygens (including phenoxy) is 1. The lowest BCUT2D eigenvalue weighted by molar-refractivity contribution is 0.0969. The first kappa shape index (κ1) is 9.92. The molecule has 0 bridgehead atoms. The predicted octanol–water partition coefficient (Wildman–Crippen LogP) is 1.41. The van der Waals surface area contributed by atoms with Crippen LogP contribution in [0.2, 0.25) is 0 Å². The SMILES string of the molecule is CCC(CNC(C)C)OC. The minimum Gasteiger partial charge on any atom is -0.380 e. The summed E-state index contributed by atoms with van der Waals surface area (Å²) in [5, 5.41) is 3.32. The second-order valence-corrected chi connectivity index (χ2v) is 2.83. The van der Waals surface area contributed by atoms with Gasteiger partial charge in [0.25, 0.3) is 0 Å². The van der Waals surface area contributed by atoms with Crippen molar-refractivity contribution < 1.29 is 4.74 Å². The maximum atomic E-state index is 5.19. The Hall–Kier alpha value is -0.0800. The van der Waals surface area contributed by atoms with Gasteiger partial charge in [0.15, 0.2) is 0 Å². The smallest absolute Gasteiger partial charge is 0.0693 e. The van der Waals surface area contributed by atoms with Gasteiger partial charge in [-0.2, -0.15) is 0 Å². The van der Waals surface area contributed by atoms with E-state index in [1.165, 1.54) is 0 Å². The molecule has 1 atom stereocenters. The second-order valence-electron chi connectivity index (χ2n) is 2.83. The second kappa shape index (κ2) is 5.69. The highest BCUT2D eigenvalue weighted by Crippen LogP contribution is 1.93. The summed E-state index contributed by atoms with van der Waals surface area (Å²) >= 11 is 0. The molecular formula is C8H19NO. The first-order valence-corrected chi connectivity index (χ1v) is 3.96. The lowest BCUT2D eigenvalue weighted by atomic mass is 10.2. The molecule has 0 aromatic rings. The summed E-state index contributed by atoms with van der Waals surface area (Å²) in [5.74, 6) is 0. The lowest BCUT2D eigenvalue weighted by Gasteiger charge is -2.15. The minimum atomic E-state index is 0.377. The number of hydrogen-bond acceptors (Lipinski definition) is 2. The molecule has 0 heterocycles. The third-order valence-corrected chi connectivity index (χ3v) is 1.54. The molecule has 0 aliphatic rings. The summed E-state index contributed by atoms with van der Waals surface area (Å²) in [6.45, 7) is 7.38. The van der Waals surface area contributed by atoms with Gasteiger partial charge in [-0.15, -0.1) is 0 Å². The highest BCUT2D eigenvalue weighted by atomic mass is 16.5. The first-order valence-electron chi connectivity index (χ1n) is 3.96. The topological polar surface area (TPSA) is 21.3 Å². The largest absolute Gasteiger partial charge is 0.380 e. The van der Waals surface area contributed by atoms with Crippen molar-refractivity contribution in [2.45, 2.75) is 39.3 Å². The molecule has 2 nitrogen and oxygen atoms in total. The van der Waals surface area contributed by atoms with Crippen LogP contribution in [0.1, 0.15) is 27.2 Å². The lowest BCUT2D eigenvalue weighted by Crippen LogP contribution is -2.32. The highest BCUT2D eigenvalue weighted by Gasteiger charge is 2.02. The third kappa shape index (κ3) is 4.77. The summed E-state index contributed by atoms with van der Waals surface area (Å²) in [7, 11) is 1.76. The molecule has 0 fully saturated rings. The van der Waals surface area contributed by atoms with Crippen molar-refractivity contribution in [3.05, 3.63) is 0 Å². The van der Waals surface area contributed by atoms with Gasteiger partial charge < -0.3 is 10.1 Å². The molecule has 0 spiro atoms. The van der Waals surface area contributed by atoms with Crippen LogP contribution in [0, 0.1) is 0 Å². The van der Waals surface area contributed by atoms with Gasteiger partial charge in [0, 0.05) is 19.7 Å². The van der Waals surface area contributed by atoms with Crippen LogP contribution in [0.4, 0.5) is 0 Å². The predicted molar refractivity (Wildman–Crippen MR) is 44.2 cm³/mol. The van der Waals surface area contributed by atoms with E-state index in [1.54, 1.807) is 7.11 Å². The molecule has 0 saturated heterocycles. The maximum absolute atomic E-state index is 5.19. The van der Waals surface area contributed by atoms with E-state index in [4.69, 9.17) is 4.74 Å². The summed E-state index contributed by atoms with van der Waals surface area (Å²) in [5.41, 5.74) is 0. The van der Waals surface area contributed by atoms with E-state index < -0.39 is 0 Å². The standard InChI is InChI=1S/C8H19NO/c1-5-8(10-4)6-9-7(2)3/h7-9H,5-6H2,1-4H3. The highest BCUT2D eigenvalue weighted by molar-refractivity contribution is 4.60. The van der Waals surface area contributed by atoms with E-state index in [0.29, 0.717) is 12.1 Å². The number of rotatable bonds is 5. The average molecular weight is 145 g/mol. The van der Waals surface area contributed by atoms with Crippen LogP contribution >= 0.6 is 0 Å². The Bertz CT molecular complexity index is 69.7. The third-order valence-electron chi connectivity index (χ3n) is 1.54. The molecule has 0 rings (SSSR count). The zero-order valence-electron chi connectivity index (χ0n) is 7.48. The van der Waals surface area contributed by atoms with Crippen molar-refractivity contribution in [3.63, 3.8) is 0 Å². The Kier molecular flexibility index (Phi) is 5.64. The fourth-order valence-corrected chi connectivity index (χ4v) is 0.761. The zero-order chi connectivity index (χ0) is 7.98. The van der Waals surface area contributed by atoms with Gasteiger partial charge in [0.2, 0.25) is 0 Å². The molecule has 0 aromatic carbocycles. The van der Waals surface area contributed by atoms with Crippen LogP contribution < -0.4 is 5.32 Å². The van der Waals surface area contributed by atoms with Crippen LogP contribution in [0.5, 0.6) is 0 Å². The molecule has 0 aliphatic carbocycles. The van der Waals surface area contributed by atoms with Crippen LogP contribution in [0.3, 0.4) is 0 Å². The Morgan fingerprint density at radius 1 is 1.40 bits per heavy atom. The van der Waals surface area contributed by atoms with E-state index in [-0.39, 0.29) is 0 Å². The van der Waals surface area contributed by atoms with Gasteiger partial charge in [-0.05, 0) is 6.42 Å². The van der Waals surface area contributed by atoms with E-state index >= 15 is 0 Å². The molecule has 0 aromatic heterocycles. The van der Waals surface area contributed by atoms with Gasteiger partial charge in [0.05, 0.1) is 6.10 Å². The van der Waals surface area contributed by atoms with E-state index in [1.807, 2.05) is 0 Å². The number of nitrogens with one attached hydrogen (secondary N) is 1. The van der Waals surface area contributed by atoms with Gasteiger partial charge in [-0.25, -0.2) is 0 Å². The van der Waals surface area contributed by atoms with Crippen molar-refractivity contribution in [1.82, 2.24) is 5.32 Å². The van der Waals surface area contributed by atoms with Gasteiger partial charge in [-0.3, -0.25) is 0 Å². The molecule has 2 heteroatoms.